The molecule has 0 fully saturated rings. The van der Waals surface area contributed by atoms with Crippen molar-refractivity contribution in [3.05, 3.63) is 34.6 Å². The first-order chi connectivity index (χ1) is 11.6. The second-order valence-electron chi connectivity index (χ2n) is 7.53. The van der Waals surface area contributed by atoms with Crippen LogP contribution in [0.2, 0.25) is 0 Å². The molecule has 0 saturated carbocycles. The van der Waals surface area contributed by atoms with Crippen LogP contribution in [0.1, 0.15) is 60.8 Å². The van der Waals surface area contributed by atoms with Gasteiger partial charge in [-0.25, -0.2) is 0 Å². The summed E-state index contributed by atoms with van der Waals surface area (Å²) < 4.78 is 0. The molecule has 2 N–H and O–H groups in total. The molecule has 0 aromatic rings. The molecule has 1 aliphatic rings. The number of carbonyl (C=O) groups is 2. The monoisotopic (exact) mass is 348 g/mol. The third-order valence-electron chi connectivity index (χ3n) is 4.86. The van der Waals surface area contributed by atoms with Crippen molar-refractivity contribution < 1.29 is 19.8 Å². The van der Waals surface area contributed by atoms with Crippen molar-refractivity contribution in [2.45, 2.75) is 66.9 Å². The molecule has 0 amide bonds. The largest absolute Gasteiger partial charge is 0.511 e. The van der Waals surface area contributed by atoms with E-state index in [4.69, 9.17) is 0 Å². The van der Waals surface area contributed by atoms with Crippen LogP contribution in [0.15, 0.2) is 34.6 Å². The van der Waals surface area contributed by atoms with Crippen LogP contribution in [0.25, 0.3) is 0 Å². The predicted molar refractivity (Wildman–Crippen MR) is 100 cm³/mol. The first kappa shape index (κ1) is 21.4. The summed E-state index contributed by atoms with van der Waals surface area (Å²) in [5, 5.41) is 21.2. The lowest BCUT2D eigenvalue weighted by Gasteiger charge is -2.23. The van der Waals surface area contributed by atoms with E-state index in [0.717, 1.165) is 11.1 Å². The molecule has 0 aromatic carbocycles. The molecular weight excluding hydrogens is 316 g/mol. The zero-order valence-electron chi connectivity index (χ0n) is 16.3. The lowest BCUT2D eigenvalue weighted by molar-refractivity contribution is -0.125. The zero-order chi connectivity index (χ0) is 19.3. The number of aliphatic hydroxyl groups is 2. The molecule has 0 bridgehead atoms. The molecule has 0 radical (unpaired) electrons. The first-order valence-corrected chi connectivity index (χ1v) is 9.08. The normalized spacial score (nSPS) is 22.6. The van der Waals surface area contributed by atoms with Crippen LogP contribution in [0, 0.1) is 17.8 Å². The Labute approximate surface area is 151 Å². The lowest BCUT2D eigenvalue weighted by Crippen LogP contribution is -2.29. The lowest BCUT2D eigenvalue weighted by atomic mass is 9.84. The number of rotatable bonds is 8. The summed E-state index contributed by atoms with van der Waals surface area (Å²) in [6, 6.07) is 0. The van der Waals surface area contributed by atoms with E-state index in [1.165, 1.54) is 0 Å². The van der Waals surface area contributed by atoms with Crippen LogP contribution >= 0.6 is 0 Å². The van der Waals surface area contributed by atoms with E-state index in [0.29, 0.717) is 19.3 Å². The maximum absolute atomic E-state index is 12.8. The van der Waals surface area contributed by atoms with E-state index in [9.17, 15) is 19.8 Å². The Kier molecular flexibility index (Phi) is 7.81. The molecule has 25 heavy (non-hydrogen) atoms. The molecule has 0 aromatic heterocycles. The molecule has 4 nitrogen and oxygen atoms in total. The Morgan fingerprint density at radius 2 is 1.72 bits per heavy atom. The Balaban J connectivity index is 3.25. The maximum Gasteiger partial charge on any atom is 0.174 e. The van der Waals surface area contributed by atoms with Gasteiger partial charge >= 0.3 is 0 Å². The standard InChI is InChI=1S/C21H32O4/c1-7-14(6)19(23)18-20(24)15(10-8-12(2)3)17(21(18)25)16(22)11-9-13(4)5/h8-9,14-17,22,25H,7,10-11H2,1-6H3. The van der Waals surface area contributed by atoms with Crippen LogP contribution in [0.5, 0.6) is 0 Å². The van der Waals surface area contributed by atoms with E-state index in [1.807, 2.05) is 46.8 Å². The summed E-state index contributed by atoms with van der Waals surface area (Å²) in [6.45, 7) is 11.4. The highest BCUT2D eigenvalue weighted by atomic mass is 16.3. The number of allylic oxidation sites excluding steroid dienone is 4. The summed E-state index contributed by atoms with van der Waals surface area (Å²) in [7, 11) is 0. The van der Waals surface area contributed by atoms with Gasteiger partial charge in [-0.05, 0) is 47.0 Å². The second kappa shape index (κ2) is 9.14. The third-order valence-corrected chi connectivity index (χ3v) is 4.86. The Morgan fingerprint density at radius 1 is 1.16 bits per heavy atom. The van der Waals surface area contributed by atoms with Gasteiger partial charge in [0.05, 0.1) is 17.6 Å². The number of aliphatic hydroxyl groups excluding tert-OH is 2. The molecule has 4 unspecified atom stereocenters. The van der Waals surface area contributed by atoms with Crippen LogP contribution in [-0.2, 0) is 9.59 Å². The number of Topliss-reactive ketones (excluding diaryl/α,β-unsaturated/α-hetero) is 2. The van der Waals surface area contributed by atoms with Gasteiger partial charge in [0.25, 0.3) is 0 Å². The minimum Gasteiger partial charge on any atom is -0.511 e. The van der Waals surface area contributed by atoms with E-state index < -0.39 is 17.9 Å². The maximum atomic E-state index is 12.8. The van der Waals surface area contributed by atoms with Crippen molar-refractivity contribution in [1.82, 2.24) is 0 Å². The molecule has 0 saturated heterocycles. The molecule has 4 heteroatoms. The van der Waals surface area contributed by atoms with E-state index >= 15 is 0 Å². The fraction of sp³-hybridized carbons (Fsp3) is 0.619. The number of carbonyl (C=O) groups excluding carboxylic acids is 2. The highest BCUT2D eigenvalue weighted by molar-refractivity contribution is 6.23. The van der Waals surface area contributed by atoms with Gasteiger partial charge < -0.3 is 10.2 Å². The quantitative estimate of drug-likeness (QED) is 0.506. The molecule has 140 valence electrons. The minimum atomic E-state index is -0.892. The van der Waals surface area contributed by atoms with Crippen molar-refractivity contribution in [3.8, 4) is 0 Å². The predicted octanol–water partition coefficient (Wildman–Crippen LogP) is 4.30. The molecule has 1 aliphatic carbocycles. The van der Waals surface area contributed by atoms with Gasteiger partial charge in [0.1, 0.15) is 5.76 Å². The zero-order valence-corrected chi connectivity index (χ0v) is 16.3. The fourth-order valence-electron chi connectivity index (χ4n) is 3.08. The van der Waals surface area contributed by atoms with E-state index in [1.54, 1.807) is 6.92 Å². The molecule has 0 spiro atoms. The Bertz CT molecular complexity index is 601. The highest BCUT2D eigenvalue weighted by Gasteiger charge is 2.47. The molecule has 4 atom stereocenters. The summed E-state index contributed by atoms with van der Waals surface area (Å²) in [5.41, 5.74) is 2.03. The topological polar surface area (TPSA) is 74.6 Å². The molecule has 1 rings (SSSR count). The van der Waals surface area contributed by atoms with Gasteiger partial charge in [-0.3, -0.25) is 9.59 Å². The number of ketones is 2. The second-order valence-corrected chi connectivity index (χ2v) is 7.53. The van der Waals surface area contributed by atoms with Crippen molar-refractivity contribution in [3.63, 3.8) is 0 Å². The number of hydrogen-bond donors (Lipinski definition) is 2. The van der Waals surface area contributed by atoms with Gasteiger partial charge in [0.15, 0.2) is 11.6 Å². The molecule has 0 aliphatic heterocycles. The summed E-state index contributed by atoms with van der Waals surface area (Å²) in [6.07, 6.45) is 4.28. The van der Waals surface area contributed by atoms with Crippen molar-refractivity contribution in [2.24, 2.45) is 17.8 Å². The average molecular weight is 348 g/mol. The highest BCUT2D eigenvalue weighted by Crippen LogP contribution is 2.40. The van der Waals surface area contributed by atoms with E-state index in [-0.39, 0.29) is 28.8 Å². The Hall–Kier alpha value is -1.68. The van der Waals surface area contributed by atoms with Crippen molar-refractivity contribution in [1.29, 1.82) is 0 Å². The fourth-order valence-corrected chi connectivity index (χ4v) is 3.08. The smallest absolute Gasteiger partial charge is 0.174 e. The van der Waals surface area contributed by atoms with Gasteiger partial charge in [0, 0.05) is 11.8 Å². The van der Waals surface area contributed by atoms with Crippen LogP contribution in [0.4, 0.5) is 0 Å². The van der Waals surface area contributed by atoms with Gasteiger partial charge in [-0.15, -0.1) is 0 Å². The first-order valence-electron chi connectivity index (χ1n) is 9.08. The van der Waals surface area contributed by atoms with Crippen LogP contribution in [0.3, 0.4) is 0 Å². The third kappa shape index (κ3) is 5.15. The SMILES string of the molecule is CCC(C)C(=O)C1=C(O)C(C(O)CC=C(C)C)C(CC=C(C)C)C1=O. The summed E-state index contributed by atoms with van der Waals surface area (Å²) >= 11 is 0. The van der Waals surface area contributed by atoms with Gasteiger partial charge in [0.2, 0.25) is 0 Å². The molecule has 0 heterocycles. The average Bonchev–Trinajstić information content (AvgIpc) is 2.79. The van der Waals surface area contributed by atoms with Gasteiger partial charge in [-0.1, -0.05) is 37.1 Å². The summed E-state index contributed by atoms with van der Waals surface area (Å²) in [5.74, 6) is -2.50. The Morgan fingerprint density at radius 3 is 2.20 bits per heavy atom. The van der Waals surface area contributed by atoms with Gasteiger partial charge in [-0.2, -0.15) is 0 Å². The minimum absolute atomic E-state index is 0.0947. The van der Waals surface area contributed by atoms with Crippen molar-refractivity contribution in [2.75, 3.05) is 0 Å². The number of hydrogen-bond acceptors (Lipinski definition) is 4. The van der Waals surface area contributed by atoms with Crippen LogP contribution < -0.4 is 0 Å². The van der Waals surface area contributed by atoms with Crippen molar-refractivity contribution >= 4 is 11.6 Å². The summed E-state index contributed by atoms with van der Waals surface area (Å²) in [4.78, 5) is 25.4. The van der Waals surface area contributed by atoms with E-state index in [2.05, 4.69) is 0 Å². The van der Waals surface area contributed by atoms with Crippen LogP contribution in [-0.4, -0.2) is 27.9 Å². The molecular formula is C21H32O4.